The molecule has 0 bridgehead atoms. The SMILES string of the molecule is C[Si]1(c2c3ccccc3cc3cc4c(ccc5cc6cc7ccccc7cc6cc54)cc23)OCC[SiH2][SiH2]1. The molecule has 4 heteroatoms. The van der Waals surface area contributed by atoms with Crippen LogP contribution in [0, 0.1) is 0 Å². The molecule has 178 valence electrons. The van der Waals surface area contributed by atoms with Gasteiger partial charge in [0.15, 0.2) is 7.83 Å². The zero-order valence-electron chi connectivity index (χ0n) is 21.1. The first kappa shape index (κ1) is 21.8. The maximum Gasteiger partial charge on any atom is 0.197 e. The normalized spacial score (nSPS) is 19.8. The molecule has 1 heterocycles. The van der Waals surface area contributed by atoms with Crippen LogP contribution in [0.3, 0.4) is 0 Å². The lowest BCUT2D eigenvalue weighted by Gasteiger charge is -2.34. The summed E-state index contributed by atoms with van der Waals surface area (Å²) in [6.45, 7) is 3.53. The number of benzene rings is 7. The first-order valence-electron chi connectivity index (χ1n) is 13.5. The van der Waals surface area contributed by atoms with Crippen molar-refractivity contribution in [3.05, 3.63) is 103 Å². The minimum Gasteiger partial charge on any atom is -0.417 e. The Morgan fingerprint density at radius 1 is 0.541 bits per heavy atom. The minimum atomic E-state index is -1.84. The van der Waals surface area contributed by atoms with Gasteiger partial charge in [-0.25, -0.2) is 0 Å². The summed E-state index contributed by atoms with van der Waals surface area (Å²) in [6.07, 6.45) is 0. The number of hydrogen-bond acceptors (Lipinski definition) is 1. The van der Waals surface area contributed by atoms with E-state index in [1.54, 1.807) is 5.19 Å². The molecular weight excluding hydrogens is 497 g/mol. The van der Waals surface area contributed by atoms with Gasteiger partial charge < -0.3 is 4.43 Å². The smallest absolute Gasteiger partial charge is 0.197 e. The highest BCUT2D eigenvalue weighted by molar-refractivity contribution is 7.46. The largest absolute Gasteiger partial charge is 0.417 e. The molecule has 1 fully saturated rings. The average Bonchev–Trinajstić information content (AvgIpc) is 2.93. The van der Waals surface area contributed by atoms with E-state index in [2.05, 4.69) is 110 Å². The monoisotopic (exact) mass is 524 g/mol. The molecule has 0 aromatic heterocycles. The number of fused-ring (bicyclic) bond motifs is 7. The summed E-state index contributed by atoms with van der Waals surface area (Å²) in [7, 11) is -1.86. The van der Waals surface area contributed by atoms with Crippen LogP contribution < -0.4 is 5.19 Å². The lowest BCUT2D eigenvalue weighted by molar-refractivity contribution is 0.345. The minimum absolute atomic E-state index is 0.0992. The molecule has 7 aromatic rings. The van der Waals surface area contributed by atoms with Gasteiger partial charge in [0, 0.05) is 24.2 Å². The Morgan fingerprint density at radius 3 is 1.81 bits per heavy atom. The fraction of sp³-hybridized carbons (Fsp3) is 0.0909. The Labute approximate surface area is 221 Å². The van der Waals surface area contributed by atoms with Gasteiger partial charge in [-0.05, 0) is 125 Å². The highest BCUT2D eigenvalue weighted by atomic mass is 29.6. The molecule has 1 aliphatic rings. The first-order chi connectivity index (χ1) is 18.2. The van der Waals surface area contributed by atoms with Crippen molar-refractivity contribution in [2.24, 2.45) is 0 Å². The van der Waals surface area contributed by atoms with Crippen molar-refractivity contribution in [1.29, 1.82) is 0 Å². The second kappa shape index (κ2) is 8.10. The Bertz CT molecular complexity index is 2040. The number of hydrogen-bond donors (Lipinski definition) is 0. The van der Waals surface area contributed by atoms with Crippen LogP contribution in [0.4, 0.5) is 0 Å². The summed E-state index contributed by atoms with van der Waals surface area (Å²) < 4.78 is 6.77. The molecule has 1 atom stereocenters. The molecule has 0 aliphatic carbocycles. The third kappa shape index (κ3) is 3.37. The zero-order valence-corrected chi connectivity index (χ0v) is 24.9. The second-order valence-electron chi connectivity index (χ2n) is 11.0. The molecule has 37 heavy (non-hydrogen) atoms. The van der Waals surface area contributed by atoms with E-state index < -0.39 is 7.83 Å². The molecule has 1 saturated heterocycles. The highest BCUT2D eigenvalue weighted by Crippen LogP contribution is 2.35. The lowest BCUT2D eigenvalue weighted by Crippen LogP contribution is -2.59. The van der Waals surface area contributed by atoms with Crippen molar-refractivity contribution in [1.82, 2.24) is 0 Å². The maximum absolute atomic E-state index is 6.77. The van der Waals surface area contributed by atoms with E-state index in [0.717, 1.165) is 6.61 Å². The summed E-state index contributed by atoms with van der Waals surface area (Å²) in [4.78, 5) is 0. The molecule has 7 aromatic carbocycles. The van der Waals surface area contributed by atoms with E-state index in [9.17, 15) is 0 Å². The van der Waals surface area contributed by atoms with Crippen LogP contribution in [-0.2, 0) is 4.43 Å². The van der Waals surface area contributed by atoms with Gasteiger partial charge in [-0.2, -0.15) is 0 Å². The molecule has 0 saturated carbocycles. The second-order valence-corrected chi connectivity index (χ2v) is 28.3. The van der Waals surface area contributed by atoms with E-state index in [0.29, 0.717) is 0 Å². The van der Waals surface area contributed by atoms with Crippen molar-refractivity contribution < 1.29 is 4.43 Å². The van der Waals surface area contributed by atoms with E-state index in [1.807, 2.05) is 0 Å². The summed E-state index contributed by atoms with van der Waals surface area (Å²) in [5.41, 5.74) is 0. The van der Waals surface area contributed by atoms with E-state index in [-0.39, 0.29) is 17.6 Å². The van der Waals surface area contributed by atoms with Crippen molar-refractivity contribution in [2.45, 2.75) is 12.6 Å². The van der Waals surface area contributed by atoms with Gasteiger partial charge in [0.2, 0.25) is 0 Å². The molecular formula is C33H28OSi3. The van der Waals surface area contributed by atoms with Gasteiger partial charge in [-0.1, -0.05) is 60.7 Å². The van der Waals surface area contributed by atoms with E-state index >= 15 is 0 Å². The van der Waals surface area contributed by atoms with Crippen molar-refractivity contribution >= 4 is 95.2 Å². The van der Waals surface area contributed by atoms with Crippen LogP contribution >= 0.6 is 0 Å². The van der Waals surface area contributed by atoms with Crippen molar-refractivity contribution in [2.75, 3.05) is 6.61 Å². The van der Waals surface area contributed by atoms with Crippen LogP contribution in [0.25, 0.3) is 64.6 Å². The van der Waals surface area contributed by atoms with Crippen LogP contribution in [0.1, 0.15) is 0 Å². The fourth-order valence-electron chi connectivity index (χ4n) is 6.76. The van der Waals surface area contributed by atoms with Gasteiger partial charge >= 0.3 is 0 Å². The van der Waals surface area contributed by atoms with Gasteiger partial charge in [-0.3, -0.25) is 0 Å². The molecule has 1 aliphatic heterocycles. The predicted octanol–water partition coefficient (Wildman–Crippen LogP) is 6.59. The standard InChI is InChI=1S/C33H28OSi3/c1-37(34-12-13-35-36-37)33-29-9-5-4-8-23(29)17-28-20-31-25(18-32(28)33)11-10-24-16-26-14-21-6-2-3-7-22(21)15-27(26)19-30(24)31/h2-11,14-20H,12-13,35-36H2,1H3. The molecule has 0 amide bonds. The Kier molecular flexibility index (Phi) is 4.77. The van der Waals surface area contributed by atoms with Gasteiger partial charge in [0.25, 0.3) is 0 Å². The van der Waals surface area contributed by atoms with E-state index in [1.165, 1.54) is 70.7 Å². The van der Waals surface area contributed by atoms with Crippen LogP contribution in [0.5, 0.6) is 0 Å². The molecule has 0 radical (unpaired) electrons. The first-order valence-corrected chi connectivity index (χ1v) is 23.2. The number of rotatable bonds is 1. The van der Waals surface area contributed by atoms with Crippen LogP contribution in [-0.4, -0.2) is 32.0 Å². The molecule has 0 spiro atoms. The van der Waals surface area contributed by atoms with Crippen molar-refractivity contribution in [3.63, 3.8) is 0 Å². The fourth-order valence-corrected chi connectivity index (χ4v) is 29.1. The predicted molar refractivity (Wildman–Crippen MR) is 171 cm³/mol. The Hall–Kier alpha value is -3.29. The van der Waals surface area contributed by atoms with Gasteiger partial charge in [0.1, 0.15) is 0 Å². The van der Waals surface area contributed by atoms with Crippen molar-refractivity contribution in [3.8, 4) is 0 Å². The van der Waals surface area contributed by atoms with Crippen LogP contribution in [0.15, 0.2) is 103 Å². The van der Waals surface area contributed by atoms with Crippen LogP contribution in [0.2, 0.25) is 12.6 Å². The summed E-state index contributed by atoms with van der Waals surface area (Å²) in [5.74, 6) is 0. The Balaban J connectivity index is 1.46. The van der Waals surface area contributed by atoms with Gasteiger partial charge in [0.05, 0.1) is 0 Å². The quantitative estimate of drug-likeness (QED) is 0.134. The third-order valence-electron chi connectivity index (χ3n) is 8.64. The summed E-state index contributed by atoms with van der Waals surface area (Å²) in [5, 5.41) is 17.8. The summed E-state index contributed by atoms with van der Waals surface area (Å²) in [6, 6.07) is 40.6. The zero-order chi connectivity index (χ0) is 24.6. The lowest BCUT2D eigenvalue weighted by atomic mass is 9.94. The Morgan fingerprint density at radius 2 is 1.08 bits per heavy atom. The summed E-state index contributed by atoms with van der Waals surface area (Å²) >= 11 is 0. The van der Waals surface area contributed by atoms with Gasteiger partial charge in [-0.15, -0.1) is 0 Å². The van der Waals surface area contributed by atoms with E-state index in [4.69, 9.17) is 4.43 Å². The molecule has 0 N–H and O–H groups in total. The average molecular weight is 525 g/mol. The molecule has 1 unspecified atom stereocenters. The molecule has 8 rings (SSSR count). The third-order valence-corrected chi connectivity index (χ3v) is 32.0. The highest BCUT2D eigenvalue weighted by Gasteiger charge is 2.36. The topological polar surface area (TPSA) is 9.23 Å². The molecule has 1 nitrogen and oxygen atoms in total. The maximum atomic E-state index is 6.77.